The van der Waals surface area contributed by atoms with Gasteiger partial charge in [0.05, 0.1) is 0 Å². The lowest BCUT2D eigenvalue weighted by Crippen LogP contribution is -2.05. The molecule has 0 N–H and O–H groups in total. The quantitative estimate of drug-likeness (QED) is 0.543. The topological polar surface area (TPSA) is 0 Å². The normalized spacial score (nSPS) is 13.2. The average molecular weight is 298 g/mol. The molecule has 0 fully saturated rings. The van der Waals surface area contributed by atoms with Crippen LogP contribution in [0, 0.1) is 0 Å². The fourth-order valence-electron chi connectivity index (χ4n) is 3.98. The maximum Gasteiger partial charge on any atom is 0.0142 e. The van der Waals surface area contributed by atoms with Gasteiger partial charge in [0.2, 0.25) is 0 Å². The minimum Gasteiger partial charge on any atom is -0.0620 e. The molecule has 0 unspecified atom stereocenters. The summed E-state index contributed by atoms with van der Waals surface area (Å²) in [6.07, 6.45) is 1.09. The zero-order chi connectivity index (χ0) is 15.8. The van der Waals surface area contributed by atoms with Crippen molar-refractivity contribution in [3.05, 3.63) is 95.1 Å². The van der Waals surface area contributed by atoms with Gasteiger partial charge in [0, 0.05) is 5.92 Å². The van der Waals surface area contributed by atoms with Gasteiger partial charge in [-0.25, -0.2) is 0 Å². The van der Waals surface area contributed by atoms with Gasteiger partial charge in [-0.05, 0) is 45.7 Å². The predicted octanol–water partition coefficient (Wildman–Crippen LogP) is 6.17. The SMILES string of the molecule is CC(C)c1ccccc1CC1c2ccccc2-c2ccccc21. The van der Waals surface area contributed by atoms with Gasteiger partial charge in [0.25, 0.3) is 0 Å². The van der Waals surface area contributed by atoms with Crippen molar-refractivity contribution in [2.75, 3.05) is 0 Å². The number of rotatable bonds is 3. The first kappa shape index (κ1) is 14.3. The Balaban J connectivity index is 1.81. The third-order valence-electron chi connectivity index (χ3n) is 5.06. The number of benzene rings is 3. The van der Waals surface area contributed by atoms with E-state index in [2.05, 4.69) is 86.6 Å². The van der Waals surface area contributed by atoms with Crippen LogP contribution < -0.4 is 0 Å². The smallest absolute Gasteiger partial charge is 0.0142 e. The van der Waals surface area contributed by atoms with E-state index in [1.165, 1.54) is 33.4 Å². The molecule has 0 spiro atoms. The van der Waals surface area contributed by atoms with Crippen LogP contribution in [-0.4, -0.2) is 0 Å². The second-order valence-electron chi connectivity index (χ2n) is 6.78. The molecular weight excluding hydrogens is 276 g/mol. The molecule has 0 amide bonds. The van der Waals surface area contributed by atoms with Crippen LogP contribution in [-0.2, 0) is 6.42 Å². The van der Waals surface area contributed by atoms with Crippen molar-refractivity contribution < 1.29 is 0 Å². The van der Waals surface area contributed by atoms with Gasteiger partial charge in [-0.3, -0.25) is 0 Å². The lowest BCUT2D eigenvalue weighted by atomic mass is 9.86. The van der Waals surface area contributed by atoms with Crippen molar-refractivity contribution >= 4 is 0 Å². The molecule has 0 atom stereocenters. The Kier molecular flexibility index (Phi) is 3.53. The van der Waals surface area contributed by atoms with E-state index in [1.54, 1.807) is 0 Å². The van der Waals surface area contributed by atoms with Crippen LogP contribution in [0.2, 0.25) is 0 Å². The molecule has 0 nitrogen and oxygen atoms in total. The molecule has 0 radical (unpaired) electrons. The maximum absolute atomic E-state index is 2.30. The van der Waals surface area contributed by atoms with Gasteiger partial charge in [0.1, 0.15) is 0 Å². The summed E-state index contributed by atoms with van der Waals surface area (Å²) in [5, 5.41) is 0. The monoisotopic (exact) mass is 298 g/mol. The Bertz CT molecular complexity index is 796. The van der Waals surface area contributed by atoms with Gasteiger partial charge in [-0.15, -0.1) is 0 Å². The van der Waals surface area contributed by atoms with Crippen LogP contribution >= 0.6 is 0 Å². The molecule has 0 saturated carbocycles. The predicted molar refractivity (Wildman–Crippen MR) is 98.0 cm³/mol. The number of fused-ring (bicyclic) bond motifs is 3. The molecule has 3 aromatic rings. The Morgan fingerprint density at radius 2 is 1.22 bits per heavy atom. The minimum absolute atomic E-state index is 0.474. The Hall–Kier alpha value is -2.34. The van der Waals surface area contributed by atoms with Crippen LogP contribution in [0.3, 0.4) is 0 Å². The highest BCUT2D eigenvalue weighted by molar-refractivity contribution is 5.78. The summed E-state index contributed by atoms with van der Waals surface area (Å²) in [7, 11) is 0. The van der Waals surface area contributed by atoms with Crippen LogP contribution in [0.1, 0.15) is 47.9 Å². The Labute approximate surface area is 138 Å². The summed E-state index contributed by atoms with van der Waals surface area (Å²) in [5.41, 5.74) is 8.75. The molecule has 0 saturated heterocycles. The van der Waals surface area contributed by atoms with E-state index in [0.717, 1.165) is 6.42 Å². The summed E-state index contributed by atoms with van der Waals surface area (Å²) in [4.78, 5) is 0. The second kappa shape index (κ2) is 5.70. The number of hydrogen-bond donors (Lipinski definition) is 0. The van der Waals surface area contributed by atoms with E-state index in [9.17, 15) is 0 Å². The summed E-state index contributed by atoms with van der Waals surface area (Å²) in [6.45, 7) is 4.57. The van der Waals surface area contributed by atoms with Crippen molar-refractivity contribution in [2.45, 2.75) is 32.1 Å². The lowest BCUT2D eigenvalue weighted by molar-refractivity contribution is 0.784. The molecule has 0 bridgehead atoms. The molecule has 0 heteroatoms. The van der Waals surface area contributed by atoms with Gasteiger partial charge in [-0.1, -0.05) is 86.6 Å². The summed E-state index contributed by atoms with van der Waals surface area (Å²) < 4.78 is 0. The van der Waals surface area contributed by atoms with E-state index in [-0.39, 0.29) is 0 Å². The van der Waals surface area contributed by atoms with Crippen molar-refractivity contribution in [1.82, 2.24) is 0 Å². The molecule has 0 aromatic heterocycles. The molecule has 0 aliphatic heterocycles. The van der Waals surface area contributed by atoms with Crippen molar-refractivity contribution in [3.63, 3.8) is 0 Å². The first-order valence-corrected chi connectivity index (χ1v) is 8.51. The first-order valence-electron chi connectivity index (χ1n) is 8.51. The summed E-state index contributed by atoms with van der Waals surface area (Å²) >= 11 is 0. The largest absolute Gasteiger partial charge is 0.0620 e. The number of hydrogen-bond acceptors (Lipinski definition) is 0. The summed E-state index contributed by atoms with van der Waals surface area (Å²) in [6, 6.07) is 26.7. The minimum atomic E-state index is 0.474. The average Bonchev–Trinajstić information content (AvgIpc) is 2.90. The van der Waals surface area contributed by atoms with Crippen LogP contribution in [0.15, 0.2) is 72.8 Å². The molecule has 4 rings (SSSR count). The highest BCUT2D eigenvalue weighted by Gasteiger charge is 2.28. The fraction of sp³-hybridized carbons (Fsp3) is 0.217. The molecule has 3 aromatic carbocycles. The lowest BCUT2D eigenvalue weighted by Gasteiger charge is -2.18. The van der Waals surface area contributed by atoms with Gasteiger partial charge < -0.3 is 0 Å². The first-order chi connectivity index (χ1) is 11.3. The summed E-state index contributed by atoms with van der Waals surface area (Å²) in [5.74, 6) is 1.04. The molecule has 1 aliphatic carbocycles. The molecule has 23 heavy (non-hydrogen) atoms. The molecule has 0 heterocycles. The molecular formula is C23H22. The fourth-order valence-corrected chi connectivity index (χ4v) is 3.98. The second-order valence-corrected chi connectivity index (χ2v) is 6.78. The van der Waals surface area contributed by atoms with Gasteiger partial charge in [-0.2, -0.15) is 0 Å². The van der Waals surface area contributed by atoms with E-state index >= 15 is 0 Å². The molecule has 114 valence electrons. The van der Waals surface area contributed by atoms with E-state index in [0.29, 0.717) is 11.8 Å². The van der Waals surface area contributed by atoms with Crippen molar-refractivity contribution in [3.8, 4) is 11.1 Å². The van der Waals surface area contributed by atoms with Crippen molar-refractivity contribution in [2.24, 2.45) is 0 Å². The third kappa shape index (κ3) is 2.39. The maximum atomic E-state index is 2.30. The van der Waals surface area contributed by atoms with Crippen molar-refractivity contribution in [1.29, 1.82) is 0 Å². The third-order valence-corrected chi connectivity index (χ3v) is 5.06. The van der Waals surface area contributed by atoms with E-state index in [4.69, 9.17) is 0 Å². The molecule has 1 aliphatic rings. The van der Waals surface area contributed by atoms with Crippen LogP contribution in [0.4, 0.5) is 0 Å². The van der Waals surface area contributed by atoms with Crippen LogP contribution in [0.5, 0.6) is 0 Å². The highest BCUT2D eigenvalue weighted by atomic mass is 14.3. The highest BCUT2D eigenvalue weighted by Crippen LogP contribution is 2.46. The van der Waals surface area contributed by atoms with Gasteiger partial charge >= 0.3 is 0 Å². The Morgan fingerprint density at radius 1 is 0.696 bits per heavy atom. The standard InChI is InChI=1S/C23H22/c1-16(2)18-10-4-3-9-17(18)15-23-21-13-7-5-11-19(21)20-12-6-8-14-22(20)23/h3-14,16,23H,15H2,1-2H3. The van der Waals surface area contributed by atoms with E-state index in [1.807, 2.05) is 0 Å². The van der Waals surface area contributed by atoms with Gasteiger partial charge in [0.15, 0.2) is 0 Å². The Morgan fingerprint density at radius 3 is 1.83 bits per heavy atom. The van der Waals surface area contributed by atoms with E-state index < -0.39 is 0 Å². The zero-order valence-corrected chi connectivity index (χ0v) is 13.8. The zero-order valence-electron chi connectivity index (χ0n) is 13.8. The van der Waals surface area contributed by atoms with Crippen LogP contribution in [0.25, 0.3) is 11.1 Å².